The van der Waals surface area contributed by atoms with Crippen LogP contribution in [0, 0.1) is 5.92 Å². The van der Waals surface area contributed by atoms with Crippen molar-refractivity contribution in [2.24, 2.45) is 11.7 Å². The van der Waals surface area contributed by atoms with Gasteiger partial charge in [0.1, 0.15) is 0 Å². The summed E-state index contributed by atoms with van der Waals surface area (Å²) in [5.74, 6) is 0.897. The molecule has 3 nitrogen and oxygen atoms in total. The molecule has 1 atom stereocenters. The van der Waals surface area contributed by atoms with Gasteiger partial charge in [-0.3, -0.25) is 0 Å². The Bertz CT molecular complexity index is 168. The van der Waals surface area contributed by atoms with Gasteiger partial charge in [0.2, 0.25) is 0 Å². The summed E-state index contributed by atoms with van der Waals surface area (Å²) in [6.45, 7) is 5.78. The number of nitrogens with one attached hydrogen (secondary N) is 1. The lowest BCUT2D eigenvalue weighted by Gasteiger charge is -2.14. The van der Waals surface area contributed by atoms with E-state index in [2.05, 4.69) is 10.2 Å². The Morgan fingerprint density at radius 2 is 2.14 bits per heavy atom. The number of nitrogens with zero attached hydrogens (tertiary/aromatic N) is 1. The maximum atomic E-state index is 5.44. The van der Waals surface area contributed by atoms with E-state index in [4.69, 9.17) is 5.73 Å². The zero-order valence-electron chi connectivity index (χ0n) is 9.04. The third-order valence-electron chi connectivity index (χ3n) is 3.37. The van der Waals surface area contributed by atoms with E-state index in [-0.39, 0.29) is 0 Å². The summed E-state index contributed by atoms with van der Waals surface area (Å²) in [5, 5.41) is 3.50. The average molecular weight is 197 g/mol. The predicted molar refractivity (Wildman–Crippen MR) is 59.2 cm³/mol. The van der Waals surface area contributed by atoms with Crippen molar-refractivity contribution in [3.05, 3.63) is 0 Å². The van der Waals surface area contributed by atoms with Crippen LogP contribution in [0.3, 0.4) is 0 Å². The fraction of sp³-hybridized carbons (Fsp3) is 1.00. The fourth-order valence-electron chi connectivity index (χ4n) is 2.33. The van der Waals surface area contributed by atoms with Gasteiger partial charge in [-0.1, -0.05) is 0 Å². The minimum atomic E-state index is 0.811. The Balaban J connectivity index is 1.54. The van der Waals surface area contributed by atoms with Crippen molar-refractivity contribution in [3.63, 3.8) is 0 Å². The lowest BCUT2D eigenvalue weighted by Crippen LogP contribution is -2.28. The van der Waals surface area contributed by atoms with Crippen LogP contribution in [0.15, 0.2) is 0 Å². The zero-order valence-corrected chi connectivity index (χ0v) is 9.04. The first-order valence-electron chi connectivity index (χ1n) is 6.05. The normalized spacial score (nSPS) is 28.5. The van der Waals surface area contributed by atoms with Crippen LogP contribution in [0.1, 0.15) is 25.7 Å². The van der Waals surface area contributed by atoms with Crippen molar-refractivity contribution in [2.75, 3.05) is 32.7 Å². The number of nitrogens with two attached hydrogens (primary N) is 1. The summed E-state index contributed by atoms with van der Waals surface area (Å²) in [5.41, 5.74) is 5.44. The molecule has 0 aromatic rings. The summed E-state index contributed by atoms with van der Waals surface area (Å²) in [6.07, 6.45) is 5.41. The van der Waals surface area contributed by atoms with Gasteiger partial charge in [-0.05, 0) is 57.8 Å². The van der Waals surface area contributed by atoms with Crippen molar-refractivity contribution in [3.8, 4) is 0 Å². The summed E-state index contributed by atoms with van der Waals surface area (Å²) in [7, 11) is 0. The fourth-order valence-corrected chi connectivity index (χ4v) is 2.33. The molecule has 2 fully saturated rings. The topological polar surface area (TPSA) is 41.3 Å². The van der Waals surface area contributed by atoms with E-state index in [0.29, 0.717) is 0 Å². The molecule has 1 unspecified atom stereocenters. The highest BCUT2D eigenvalue weighted by molar-refractivity contribution is 4.89. The second-order valence-corrected chi connectivity index (χ2v) is 4.73. The molecule has 0 radical (unpaired) electrons. The molecule has 0 bridgehead atoms. The Hall–Kier alpha value is -0.120. The summed E-state index contributed by atoms with van der Waals surface area (Å²) in [4.78, 5) is 2.68. The summed E-state index contributed by atoms with van der Waals surface area (Å²) >= 11 is 0. The van der Waals surface area contributed by atoms with Gasteiger partial charge in [0.15, 0.2) is 0 Å². The Morgan fingerprint density at radius 3 is 2.86 bits per heavy atom. The van der Waals surface area contributed by atoms with Crippen LogP contribution in [-0.2, 0) is 0 Å². The minimum Gasteiger partial charge on any atom is -0.330 e. The third kappa shape index (κ3) is 2.94. The molecule has 2 aliphatic rings. The molecule has 0 aromatic carbocycles. The molecule has 3 N–H and O–H groups in total. The molecule has 1 aliphatic carbocycles. The van der Waals surface area contributed by atoms with Crippen LogP contribution in [-0.4, -0.2) is 43.7 Å². The van der Waals surface area contributed by atoms with Crippen molar-refractivity contribution >= 4 is 0 Å². The first-order valence-corrected chi connectivity index (χ1v) is 6.05. The van der Waals surface area contributed by atoms with Crippen LogP contribution in [0.2, 0.25) is 0 Å². The van der Waals surface area contributed by atoms with Crippen molar-refractivity contribution in [2.45, 2.75) is 31.7 Å². The van der Waals surface area contributed by atoms with Crippen molar-refractivity contribution in [1.29, 1.82) is 0 Å². The van der Waals surface area contributed by atoms with Crippen molar-refractivity contribution < 1.29 is 0 Å². The van der Waals surface area contributed by atoms with E-state index in [1.165, 1.54) is 38.9 Å². The average Bonchev–Trinajstić information content (AvgIpc) is 2.94. The predicted octanol–water partition coefficient (Wildman–Crippen LogP) is 0.409. The lowest BCUT2D eigenvalue weighted by molar-refractivity contribution is 0.312. The maximum absolute atomic E-state index is 5.44. The van der Waals surface area contributed by atoms with Gasteiger partial charge in [0.25, 0.3) is 0 Å². The number of rotatable bonds is 6. The second-order valence-electron chi connectivity index (χ2n) is 4.73. The zero-order chi connectivity index (χ0) is 9.80. The third-order valence-corrected chi connectivity index (χ3v) is 3.37. The van der Waals surface area contributed by atoms with Gasteiger partial charge in [-0.15, -0.1) is 0 Å². The number of hydrogen-bond acceptors (Lipinski definition) is 3. The van der Waals surface area contributed by atoms with E-state index in [0.717, 1.165) is 31.5 Å². The smallest absolute Gasteiger partial charge is 0.00965 e. The highest BCUT2D eigenvalue weighted by Gasteiger charge is 2.33. The Morgan fingerprint density at radius 1 is 1.29 bits per heavy atom. The molecule has 82 valence electrons. The number of hydrogen-bond donors (Lipinski definition) is 2. The van der Waals surface area contributed by atoms with Gasteiger partial charge in [0, 0.05) is 12.6 Å². The molecular formula is C11H23N3. The largest absolute Gasteiger partial charge is 0.330 e. The van der Waals surface area contributed by atoms with Crippen LogP contribution in [0.4, 0.5) is 0 Å². The minimum absolute atomic E-state index is 0.811. The molecule has 1 saturated carbocycles. The van der Waals surface area contributed by atoms with Crippen LogP contribution >= 0.6 is 0 Å². The monoisotopic (exact) mass is 197 g/mol. The SMILES string of the molecule is NCCCNCC1CCN(C2CC2)C1. The highest BCUT2D eigenvalue weighted by atomic mass is 15.2. The Kier molecular flexibility index (Phi) is 3.79. The standard InChI is InChI=1S/C11H23N3/c12-5-1-6-13-8-10-4-7-14(9-10)11-2-3-11/h10-11,13H,1-9,12H2. The quantitative estimate of drug-likeness (QED) is 0.606. The molecule has 14 heavy (non-hydrogen) atoms. The molecule has 0 aromatic heterocycles. The molecule has 2 rings (SSSR count). The molecule has 0 spiro atoms. The van der Waals surface area contributed by atoms with E-state index < -0.39 is 0 Å². The van der Waals surface area contributed by atoms with Crippen LogP contribution in [0.5, 0.6) is 0 Å². The molecule has 3 heteroatoms. The molecular weight excluding hydrogens is 174 g/mol. The molecule has 1 aliphatic heterocycles. The lowest BCUT2D eigenvalue weighted by atomic mass is 10.1. The first-order chi connectivity index (χ1) is 6.90. The molecule has 1 saturated heterocycles. The highest BCUT2D eigenvalue weighted by Crippen LogP contribution is 2.31. The van der Waals surface area contributed by atoms with Gasteiger partial charge in [-0.25, -0.2) is 0 Å². The second kappa shape index (κ2) is 5.10. The first kappa shape index (κ1) is 10.4. The van der Waals surface area contributed by atoms with Gasteiger partial charge in [-0.2, -0.15) is 0 Å². The van der Waals surface area contributed by atoms with E-state index in [9.17, 15) is 0 Å². The van der Waals surface area contributed by atoms with Gasteiger partial charge < -0.3 is 16.0 Å². The molecule has 1 heterocycles. The summed E-state index contributed by atoms with van der Waals surface area (Å²) < 4.78 is 0. The Labute approximate surface area is 87.0 Å². The molecule has 0 amide bonds. The maximum Gasteiger partial charge on any atom is 0.00965 e. The van der Waals surface area contributed by atoms with Gasteiger partial charge >= 0.3 is 0 Å². The number of likely N-dealkylation sites (tertiary alicyclic amines) is 1. The van der Waals surface area contributed by atoms with E-state index in [1.54, 1.807) is 0 Å². The van der Waals surface area contributed by atoms with Crippen LogP contribution < -0.4 is 11.1 Å². The van der Waals surface area contributed by atoms with Gasteiger partial charge in [0.05, 0.1) is 0 Å². The van der Waals surface area contributed by atoms with Crippen molar-refractivity contribution in [1.82, 2.24) is 10.2 Å². The van der Waals surface area contributed by atoms with E-state index in [1.807, 2.05) is 0 Å². The summed E-state index contributed by atoms with van der Waals surface area (Å²) in [6, 6.07) is 0.962. The van der Waals surface area contributed by atoms with E-state index >= 15 is 0 Å². The van der Waals surface area contributed by atoms with Crippen LogP contribution in [0.25, 0.3) is 0 Å².